The number of hydrogen-bond donors (Lipinski definition) is 0. The van der Waals surface area contributed by atoms with Crippen molar-refractivity contribution in [3.05, 3.63) is 124 Å². The molecule has 1 heterocycles. The summed E-state index contributed by atoms with van der Waals surface area (Å²) >= 11 is 6.26. The number of benzene rings is 4. The highest BCUT2D eigenvalue weighted by Crippen LogP contribution is 2.63. The van der Waals surface area contributed by atoms with E-state index in [1.54, 1.807) is 43.5 Å². The van der Waals surface area contributed by atoms with E-state index in [2.05, 4.69) is 24.3 Å². The third kappa shape index (κ3) is 3.02. The van der Waals surface area contributed by atoms with Crippen LogP contribution in [0.1, 0.15) is 28.2 Å². The van der Waals surface area contributed by atoms with Crippen LogP contribution in [0, 0.1) is 11.8 Å². The lowest BCUT2D eigenvalue weighted by molar-refractivity contribution is -0.122. The van der Waals surface area contributed by atoms with E-state index < -0.39 is 17.3 Å². The molecule has 0 saturated carbocycles. The Labute approximate surface area is 225 Å². The second kappa shape index (κ2) is 8.40. The van der Waals surface area contributed by atoms with Crippen LogP contribution in [0.15, 0.2) is 102 Å². The van der Waals surface area contributed by atoms with E-state index in [9.17, 15) is 9.59 Å². The first-order valence-electron chi connectivity index (χ1n) is 12.6. The predicted octanol–water partition coefficient (Wildman–Crippen LogP) is 6.30. The molecular formula is C32H23ClN2O3. The van der Waals surface area contributed by atoms with Crippen molar-refractivity contribution in [3.8, 4) is 5.75 Å². The van der Waals surface area contributed by atoms with Crippen molar-refractivity contribution in [1.29, 1.82) is 0 Å². The number of carbonyl (C=O) groups is 2. The van der Waals surface area contributed by atoms with Crippen molar-refractivity contribution in [2.75, 3.05) is 12.0 Å². The van der Waals surface area contributed by atoms with Gasteiger partial charge in [-0.1, -0.05) is 66.2 Å². The summed E-state index contributed by atoms with van der Waals surface area (Å²) in [5, 5.41) is 0.584. The van der Waals surface area contributed by atoms with Gasteiger partial charge in [0, 0.05) is 17.2 Å². The highest BCUT2D eigenvalue weighted by atomic mass is 35.5. The predicted molar refractivity (Wildman–Crippen MR) is 148 cm³/mol. The van der Waals surface area contributed by atoms with Crippen LogP contribution in [0.25, 0.3) is 0 Å². The minimum atomic E-state index is -0.914. The fourth-order valence-corrected chi connectivity index (χ4v) is 6.95. The van der Waals surface area contributed by atoms with E-state index in [0.29, 0.717) is 22.1 Å². The SMILES string of the molecule is COc1ccc(N2C(=O)[C@@H]3C4c5ccccc5C(C=Nc5cccc(Cl)c5)(c5ccccc54)[C@@H]3C2=O)cc1. The van der Waals surface area contributed by atoms with Gasteiger partial charge in [-0.15, -0.1) is 0 Å². The summed E-state index contributed by atoms with van der Waals surface area (Å²) in [4.78, 5) is 34.8. The highest BCUT2D eigenvalue weighted by Gasteiger charge is 2.67. The van der Waals surface area contributed by atoms with Gasteiger partial charge in [0.2, 0.25) is 11.8 Å². The first-order valence-corrected chi connectivity index (χ1v) is 12.9. The smallest absolute Gasteiger partial charge is 0.239 e. The number of amides is 2. The topological polar surface area (TPSA) is 59.0 Å². The molecular weight excluding hydrogens is 496 g/mol. The van der Waals surface area contributed by atoms with Gasteiger partial charge in [0.25, 0.3) is 0 Å². The van der Waals surface area contributed by atoms with Gasteiger partial charge in [-0.2, -0.15) is 0 Å². The van der Waals surface area contributed by atoms with Crippen LogP contribution in [-0.2, 0) is 15.0 Å². The molecule has 2 atom stereocenters. The normalized spacial score (nSPS) is 24.9. The van der Waals surface area contributed by atoms with Crippen LogP contribution >= 0.6 is 11.6 Å². The Bertz CT molecular complexity index is 1600. The number of ether oxygens (including phenoxy) is 1. The molecule has 4 aliphatic rings. The third-order valence-electron chi connectivity index (χ3n) is 8.24. The molecule has 2 amide bonds. The van der Waals surface area contributed by atoms with Crippen molar-refractivity contribution < 1.29 is 14.3 Å². The van der Waals surface area contributed by atoms with Gasteiger partial charge < -0.3 is 4.74 Å². The minimum Gasteiger partial charge on any atom is -0.497 e. The molecule has 1 aliphatic heterocycles. The highest BCUT2D eigenvalue weighted by molar-refractivity contribution is 6.30. The van der Waals surface area contributed by atoms with Gasteiger partial charge in [-0.05, 0) is 64.7 Å². The van der Waals surface area contributed by atoms with E-state index in [-0.39, 0.29) is 17.7 Å². The lowest BCUT2D eigenvalue weighted by Gasteiger charge is -2.52. The monoisotopic (exact) mass is 518 g/mol. The van der Waals surface area contributed by atoms with E-state index in [0.717, 1.165) is 22.3 Å². The molecule has 0 radical (unpaired) electrons. The zero-order valence-electron chi connectivity index (χ0n) is 20.5. The molecule has 4 aromatic rings. The van der Waals surface area contributed by atoms with Crippen molar-refractivity contribution >= 4 is 41.0 Å². The molecule has 3 aliphatic carbocycles. The largest absolute Gasteiger partial charge is 0.497 e. The Morgan fingerprint density at radius 2 is 1.50 bits per heavy atom. The summed E-state index contributed by atoms with van der Waals surface area (Å²) in [6.07, 6.45) is 1.88. The number of imide groups is 1. The molecule has 0 N–H and O–H groups in total. The Morgan fingerprint density at radius 3 is 2.13 bits per heavy atom. The molecule has 186 valence electrons. The third-order valence-corrected chi connectivity index (χ3v) is 8.47. The zero-order chi connectivity index (χ0) is 26.0. The zero-order valence-corrected chi connectivity index (χ0v) is 21.3. The number of carbonyl (C=O) groups excluding carboxylic acids is 2. The number of hydrogen-bond acceptors (Lipinski definition) is 4. The van der Waals surface area contributed by atoms with Gasteiger partial charge in [-0.3, -0.25) is 14.6 Å². The lowest BCUT2D eigenvalue weighted by atomic mass is 9.47. The first kappa shape index (κ1) is 22.9. The number of nitrogens with zero attached hydrogens (tertiary/aromatic N) is 2. The fraction of sp³-hybridized carbons (Fsp3) is 0.156. The molecule has 8 rings (SSSR count). The number of aliphatic imine (C=N–C) groups is 1. The van der Waals surface area contributed by atoms with Gasteiger partial charge in [0.05, 0.1) is 35.7 Å². The van der Waals surface area contributed by atoms with E-state index in [1.165, 1.54) is 4.90 Å². The summed E-state index contributed by atoms with van der Waals surface area (Å²) < 4.78 is 5.29. The first-order chi connectivity index (χ1) is 18.5. The molecule has 5 nitrogen and oxygen atoms in total. The van der Waals surface area contributed by atoms with Crippen LogP contribution in [-0.4, -0.2) is 25.1 Å². The van der Waals surface area contributed by atoms with E-state index in [1.807, 2.05) is 42.6 Å². The van der Waals surface area contributed by atoms with Crippen LogP contribution in [0.5, 0.6) is 5.75 Å². The van der Waals surface area contributed by atoms with Crippen LogP contribution < -0.4 is 9.64 Å². The maximum atomic E-state index is 14.4. The summed E-state index contributed by atoms with van der Waals surface area (Å²) in [5.41, 5.74) is 4.51. The minimum absolute atomic E-state index is 0.181. The van der Waals surface area contributed by atoms with Gasteiger partial charge in [0.1, 0.15) is 5.75 Å². The summed E-state index contributed by atoms with van der Waals surface area (Å²) in [5.74, 6) is -1.12. The number of rotatable bonds is 4. The molecule has 1 fully saturated rings. The van der Waals surface area contributed by atoms with Crippen molar-refractivity contribution in [2.24, 2.45) is 16.8 Å². The van der Waals surface area contributed by atoms with Crippen LogP contribution in [0.2, 0.25) is 5.02 Å². The Morgan fingerprint density at radius 1 is 0.842 bits per heavy atom. The molecule has 1 saturated heterocycles. The Hall–Kier alpha value is -4.22. The summed E-state index contributed by atoms with van der Waals surface area (Å²) in [6, 6.07) is 30.7. The molecule has 6 heteroatoms. The molecule has 38 heavy (non-hydrogen) atoms. The summed E-state index contributed by atoms with van der Waals surface area (Å²) in [6.45, 7) is 0. The Balaban J connectivity index is 1.48. The fourth-order valence-electron chi connectivity index (χ4n) is 6.77. The number of methoxy groups -OCH3 is 1. The Kier molecular flexibility index (Phi) is 5.07. The number of anilines is 1. The maximum absolute atomic E-state index is 14.4. The van der Waals surface area contributed by atoms with E-state index >= 15 is 0 Å². The second-order valence-corrected chi connectivity index (χ2v) is 10.4. The van der Waals surface area contributed by atoms with Crippen LogP contribution in [0.3, 0.4) is 0 Å². The maximum Gasteiger partial charge on any atom is 0.239 e. The van der Waals surface area contributed by atoms with Crippen molar-refractivity contribution in [2.45, 2.75) is 11.3 Å². The molecule has 0 aromatic heterocycles. The molecule has 2 bridgehead atoms. The standard InChI is InChI=1S/C32H23ClN2O3/c1-38-22-15-13-21(14-16-22)35-30(36)28-27-23-9-2-4-11-25(23)32(29(28)31(35)37,26-12-5-3-10-24(26)27)18-34-20-8-6-7-19(33)17-20/h2-18,27-29H,1H3/t27?,28-,29+,32?/m1/s1. The lowest BCUT2D eigenvalue weighted by Crippen LogP contribution is -2.54. The van der Waals surface area contributed by atoms with Crippen molar-refractivity contribution in [3.63, 3.8) is 0 Å². The van der Waals surface area contributed by atoms with Gasteiger partial charge in [-0.25, -0.2) is 4.90 Å². The van der Waals surface area contributed by atoms with Crippen LogP contribution in [0.4, 0.5) is 11.4 Å². The molecule has 4 aromatic carbocycles. The quantitative estimate of drug-likeness (QED) is 0.235. The molecule has 0 unspecified atom stereocenters. The van der Waals surface area contributed by atoms with Gasteiger partial charge >= 0.3 is 0 Å². The average molecular weight is 519 g/mol. The average Bonchev–Trinajstić information content (AvgIpc) is 3.23. The van der Waals surface area contributed by atoms with Gasteiger partial charge in [0.15, 0.2) is 0 Å². The summed E-state index contributed by atoms with van der Waals surface area (Å²) in [7, 11) is 1.59. The number of halogens is 1. The van der Waals surface area contributed by atoms with Crippen molar-refractivity contribution in [1.82, 2.24) is 0 Å². The molecule has 0 spiro atoms. The second-order valence-electron chi connectivity index (χ2n) is 9.97. The van der Waals surface area contributed by atoms with E-state index in [4.69, 9.17) is 21.3 Å².